The van der Waals surface area contributed by atoms with Crippen molar-refractivity contribution in [1.82, 2.24) is 0 Å². The van der Waals surface area contributed by atoms with Gasteiger partial charge in [-0.1, -0.05) is 0 Å². The molecular formula is C96H192O48. The molecule has 1 rings (SSSR count). The molecule has 144 heavy (non-hydrogen) atoms. The summed E-state index contributed by atoms with van der Waals surface area (Å²) in [5, 5.41) is 0. The lowest BCUT2D eigenvalue weighted by Crippen LogP contribution is -2.16. The van der Waals surface area contributed by atoms with Crippen LogP contribution in [0.1, 0.15) is 0 Å². The lowest BCUT2D eigenvalue weighted by atomic mass is 10.5. The van der Waals surface area contributed by atoms with Crippen LogP contribution in [0.3, 0.4) is 0 Å². The van der Waals surface area contributed by atoms with Gasteiger partial charge >= 0.3 is 0 Å². The van der Waals surface area contributed by atoms with Crippen molar-refractivity contribution in [2.24, 2.45) is 0 Å². The predicted molar refractivity (Wildman–Crippen MR) is 519 cm³/mol. The largest absolute Gasteiger partial charge is 0.382 e. The molecule has 0 spiro atoms. The topological polar surface area (TPSA) is 446 Å². The number of ether oxygens (including phenoxy) is 48. The van der Waals surface area contributed by atoms with E-state index >= 15 is 0 Å². The van der Waals surface area contributed by atoms with Gasteiger partial charge in [0.1, 0.15) is 6.10 Å². The van der Waals surface area contributed by atoms with Crippen LogP contribution in [0, 0.1) is 0 Å². The fourth-order valence-corrected chi connectivity index (χ4v) is 10.4. The molecule has 1 unspecified atom stereocenters. The Morgan fingerprint density at radius 2 is 0.153 bits per heavy atom. The van der Waals surface area contributed by atoms with Crippen molar-refractivity contribution in [2.75, 3.05) is 628 Å². The lowest BCUT2D eigenvalue weighted by molar-refractivity contribution is -0.0330. The van der Waals surface area contributed by atoms with E-state index < -0.39 is 0 Å². The summed E-state index contributed by atoms with van der Waals surface area (Å²) >= 11 is 0. The molecule has 48 heteroatoms. The van der Waals surface area contributed by atoms with Crippen molar-refractivity contribution < 1.29 is 227 Å². The first kappa shape index (κ1) is 140. The molecule has 0 saturated carbocycles. The molecule has 48 nitrogen and oxygen atoms in total. The summed E-state index contributed by atoms with van der Waals surface area (Å²) < 4.78 is 264. The van der Waals surface area contributed by atoms with E-state index in [0.717, 1.165) is 6.61 Å². The predicted octanol–water partition coefficient (Wildman–Crippen LogP) is 0.795. The minimum absolute atomic E-state index is 0.283. The van der Waals surface area contributed by atoms with Crippen molar-refractivity contribution in [3.8, 4) is 0 Å². The van der Waals surface area contributed by atoms with E-state index in [0.29, 0.717) is 614 Å². The third kappa shape index (κ3) is 134. The second-order valence-electron chi connectivity index (χ2n) is 29.6. The first-order valence-electron chi connectivity index (χ1n) is 51.6. The van der Waals surface area contributed by atoms with Gasteiger partial charge < -0.3 is 227 Å². The van der Waals surface area contributed by atoms with Gasteiger partial charge in [0.05, 0.1) is 621 Å². The van der Waals surface area contributed by atoms with E-state index in [1.165, 1.54) is 0 Å². The van der Waals surface area contributed by atoms with Gasteiger partial charge in [0.25, 0.3) is 0 Å². The summed E-state index contributed by atoms with van der Waals surface area (Å²) in [6.07, 6.45) is 0.283. The van der Waals surface area contributed by atoms with Crippen molar-refractivity contribution in [2.45, 2.75) is 6.10 Å². The second kappa shape index (κ2) is 135. The SMILES string of the molecule is COCCOCCOCCOCCOCCOCCOCCOCCOCCOCCOCCOCCOCCOCCOCCOCCOCCOCCOCCOCCOCCOCCOCCOCCOCCOCCOCCOCCOCCOCCOCCOCCOCCOCCOCCOCCOCCOCCOCCOCCOCCOCCOCCOCCOCCOCCOCC1CO1. The van der Waals surface area contributed by atoms with Gasteiger partial charge in [-0.15, -0.1) is 0 Å². The van der Waals surface area contributed by atoms with E-state index in [1.54, 1.807) is 7.11 Å². The molecule has 1 fully saturated rings. The van der Waals surface area contributed by atoms with Gasteiger partial charge in [-0.2, -0.15) is 0 Å². The molecule has 0 amide bonds. The van der Waals surface area contributed by atoms with Crippen LogP contribution in [0.25, 0.3) is 0 Å². The Morgan fingerprint density at radius 1 is 0.0972 bits per heavy atom. The van der Waals surface area contributed by atoms with Crippen molar-refractivity contribution >= 4 is 0 Å². The zero-order valence-electron chi connectivity index (χ0n) is 87.6. The molecule has 0 aromatic rings. The van der Waals surface area contributed by atoms with Gasteiger partial charge in [-0.05, 0) is 0 Å². The number of hydrogen-bond acceptors (Lipinski definition) is 48. The molecule has 1 aliphatic rings. The van der Waals surface area contributed by atoms with Crippen LogP contribution in [-0.4, -0.2) is 634 Å². The third-order valence-electron chi connectivity index (χ3n) is 17.9. The summed E-state index contributed by atoms with van der Waals surface area (Å²) in [7, 11) is 1.64. The van der Waals surface area contributed by atoms with Gasteiger partial charge in [0, 0.05) is 7.11 Å². The van der Waals surface area contributed by atoms with Crippen molar-refractivity contribution in [3.63, 3.8) is 0 Å². The Labute approximate surface area is 858 Å². The smallest absolute Gasteiger partial charge is 0.104 e. The normalized spacial score (nSPS) is 12.8. The highest BCUT2D eigenvalue weighted by Crippen LogP contribution is 2.08. The van der Waals surface area contributed by atoms with Crippen LogP contribution >= 0.6 is 0 Å². The molecule has 1 atom stereocenters. The number of rotatable bonds is 140. The van der Waals surface area contributed by atoms with Crippen molar-refractivity contribution in [1.29, 1.82) is 0 Å². The maximum absolute atomic E-state index is 5.56. The van der Waals surface area contributed by atoms with Gasteiger partial charge in [-0.3, -0.25) is 0 Å². The third-order valence-corrected chi connectivity index (χ3v) is 17.9. The van der Waals surface area contributed by atoms with Crippen LogP contribution < -0.4 is 0 Å². The quantitative estimate of drug-likeness (QED) is 0.0600. The highest BCUT2D eigenvalue weighted by Gasteiger charge is 2.22. The average Bonchev–Trinajstić information content (AvgIpc) is 1.80. The van der Waals surface area contributed by atoms with E-state index in [4.69, 9.17) is 227 Å². The Hall–Kier alpha value is -1.92. The zero-order valence-corrected chi connectivity index (χ0v) is 87.6. The van der Waals surface area contributed by atoms with E-state index in [2.05, 4.69) is 0 Å². The summed E-state index contributed by atoms with van der Waals surface area (Å²) in [5.41, 5.74) is 0. The fourth-order valence-electron chi connectivity index (χ4n) is 10.4. The molecule has 1 heterocycles. The number of methoxy groups -OCH3 is 1. The van der Waals surface area contributed by atoms with Gasteiger partial charge in [-0.25, -0.2) is 0 Å². The van der Waals surface area contributed by atoms with Crippen molar-refractivity contribution in [3.05, 3.63) is 0 Å². The maximum atomic E-state index is 5.56. The number of epoxide rings is 1. The lowest BCUT2D eigenvalue weighted by Gasteiger charge is -2.09. The molecule has 0 aromatic carbocycles. The molecule has 0 bridgehead atoms. The monoisotopic (exact) mass is 2110 g/mol. The highest BCUT2D eigenvalue weighted by atomic mass is 16.7. The Balaban J connectivity index is 1.57. The maximum Gasteiger partial charge on any atom is 0.104 e. The highest BCUT2D eigenvalue weighted by molar-refractivity contribution is 4.67. The molecule has 1 saturated heterocycles. The van der Waals surface area contributed by atoms with Crippen LogP contribution in [-0.2, 0) is 227 Å². The first-order chi connectivity index (χ1) is 71.9. The van der Waals surface area contributed by atoms with Gasteiger partial charge in [0.2, 0.25) is 0 Å². The summed E-state index contributed by atoms with van der Waals surface area (Å²) in [6, 6.07) is 0. The minimum atomic E-state index is 0.283. The minimum Gasteiger partial charge on any atom is -0.382 e. The molecular weight excluding hydrogens is 1920 g/mol. The molecule has 864 valence electrons. The van der Waals surface area contributed by atoms with Crippen LogP contribution in [0.4, 0.5) is 0 Å². The Morgan fingerprint density at radius 3 is 0.208 bits per heavy atom. The second-order valence-corrected chi connectivity index (χ2v) is 29.6. The van der Waals surface area contributed by atoms with Crippen LogP contribution in [0.5, 0.6) is 0 Å². The summed E-state index contributed by atoms with van der Waals surface area (Å²) in [5.74, 6) is 0. The van der Waals surface area contributed by atoms with Gasteiger partial charge in [0.15, 0.2) is 0 Å². The standard InChI is InChI=1S/C96H192O48/c1-97-2-3-98-4-5-99-6-7-100-8-9-101-10-11-102-12-13-103-14-15-104-16-17-105-18-19-106-20-21-107-22-23-108-24-25-109-26-27-110-28-29-111-30-31-112-32-33-113-34-35-114-36-37-115-38-39-116-40-41-117-42-43-118-44-45-119-46-47-120-48-49-121-50-51-122-52-53-123-54-55-124-56-57-125-58-59-126-60-61-127-62-63-128-64-65-129-66-67-130-68-69-131-70-71-132-72-73-133-74-75-134-76-77-135-78-79-136-80-81-137-82-83-138-84-85-139-86-87-140-88-89-141-90-91-142-92-93-143-94-96-95-144-96/h96H,2-95H2,1H3. The van der Waals surface area contributed by atoms with E-state index in [1.807, 2.05) is 0 Å². The summed E-state index contributed by atoms with van der Waals surface area (Å²) in [4.78, 5) is 0. The molecule has 0 radical (unpaired) electrons. The van der Waals surface area contributed by atoms with Crippen LogP contribution in [0.2, 0.25) is 0 Å². The Bertz CT molecular complexity index is 1980. The molecule has 1 aliphatic heterocycles. The van der Waals surface area contributed by atoms with E-state index in [-0.39, 0.29) is 6.10 Å². The fraction of sp³-hybridized carbons (Fsp3) is 1.00. The zero-order chi connectivity index (χ0) is 102. The molecule has 0 N–H and O–H groups in total. The van der Waals surface area contributed by atoms with E-state index in [9.17, 15) is 0 Å². The summed E-state index contributed by atoms with van der Waals surface area (Å²) in [6.45, 7) is 46.3. The molecule has 0 aromatic heterocycles. The van der Waals surface area contributed by atoms with Crippen LogP contribution in [0.15, 0.2) is 0 Å². The number of hydrogen-bond donors (Lipinski definition) is 0. The average molecular weight is 2110 g/mol. The Kier molecular flexibility index (Phi) is 132. The first-order valence-corrected chi connectivity index (χ1v) is 51.6. The molecule has 0 aliphatic carbocycles.